The highest BCUT2D eigenvalue weighted by Crippen LogP contribution is 2.41. The third kappa shape index (κ3) is 5.58. The number of carbonyl (C=O) groups is 1. The quantitative estimate of drug-likeness (QED) is 0.802. The molecular formula is C20H37NO4. The smallest absolute Gasteiger partial charge is 0.408 e. The van der Waals surface area contributed by atoms with Crippen molar-refractivity contribution in [2.24, 2.45) is 11.8 Å². The maximum atomic E-state index is 12.6. The van der Waals surface area contributed by atoms with Crippen molar-refractivity contribution in [2.75, 3.05) is 13.2 Å². The van der Waals surface area contributed by atoms with Crippen molar-refractivity contribution in [1.29, 1.82) is 0 Å². The molecule has 0 aromatic heterocycles. The highest BCUT2D eigenvalue weighted by Gasteiger charge is 2.50. The number of rotatable bonds is 3. The summed E-state index contributed by atoms with van der Waals surface area (Å²) in [5.41, 5.74) is -1.06. The van der Waals surface area contributed by atoms with E-state index in [1.807, 2.05) is 27.7 Å². The fourth-order valence-corrected chi connectivity index (χ4v) is 4.47. The minimum Gasteiger partial charge on any atom is -0.444 e. The Morgan fingerprint density at radius 2 is 1.80 bits per heavy atom. The van der Waals surface area contributed by atoms with Crippen LogP contribution in [0.15, 0.2) is 0 Å². The molecule has 0 aromatic rings. The average molecular weight is 356 g/mol. The first-order chi connectivity index (χ1) is 11.8. The lowest BCUT2D eigenvalue weighted by atomic mass is 9.67. The number of carbonyl (C=O) groups excluding carboxylic acids is 1. The molecular weight excluding hydrogens is 318 g/mol. The van der Waals surface area contributed by atoms with E-state index < -0.39 is 17.2 Å². The first-order valence-corrected chi connectivity index (χ1v) is 10.0. The van der Waals surface area contributed by atoms with Crippen LogP contribution in [0, 0.1) is 11.8 Å². The van der Waals surface area contributed by atoms with Gasteiger partial charge in [-0.15, -0.1) is 0 Å². The number of alkyl carbamates (subject to hydrolysis) is 1. The van der Waals surface area contributed by atoms with Gasteiger partial charge < -0.3 is 19.9 Å². The molecule has 1 heterocycles. The lowest BCUT2D eigenvalue weighted by Crippen LogP contribution is -2.65. The molecule has 0 unspecified atom stereocenters. The van der Waals surface area contributed by atoms with E-state index in [9.17, 15) is 9.90 Å². The molecule has 1 aliphatic heterocycles. The van der Waals surface area contributed by atoms with Crippen molar-refractivity contribution in [3.63, 3.8) is 0 Å². The van der Waals surface area contributed by atoms with Crippen LogP contribution in [0.4, 0.5) is 4.79 Å². The first kappa shape index (κ1) is 20.5. The van der Waals surface area contributed by atoms with Gasteiger partial charge in [-0.2, -0.15) is 0 Å². The Kier molecular flexibility index (Phi) is 7.15. The summed E-state index contributed by atoms with van der Waals surface area (Å²) in [6, 6.07) is 0. The summed E-state index contributed by atoms with van der Waals surface area (Å²) in [5.74, 6) is 0.332. The molecule has 2 rings (SSSR count). The maximum Gasteiger partial charge on any atom is 0.408 e. The van der Waals surface area contributed by atoms with E-state index >= 15 is 0 Å². The third-order valence-corrected chi connectivity index (χ3v) is 5.74. The predicted molar refractivity (Wildman–Crippen MR) is 98.5 cm³/mol. The molecule has 146 valence electrons. The van der Waals surface area contributed by atoms with Crippen molar-refractivity contribution in [2.45, 2.75) is 96.3 Å². The third-order valence-electron chi connectivity index (χ3n) is 5.74. The summed E-state index contributed by atoms with van der Waals surface area (Å²) >= 11 is 0. The molecule has 2 fully saturated rings. The van der Waals surface area contributed by atoms with E-state index in [4.69, 9.17) is 9.47 Å². The van der Waals surface area contributed by atoms with Gasteiger partial charge in [0.15, 0.2) is 0 Å². The van der Waals surface area contributed by atoms with Crippen LogP contribution in [-0.4, -0.2) is 41.7 Å². The molecule has 0 radical (unpaired) electrons. The van der Waals surface area contributed by atoms with Crippen LogP contribution in [-0.2, 0) is 9.47 Å². The number of hydrogen-bond acceptors (Lipinski definition) is 4. The van der Waals surface area contributed by atoms with E-state index in [1.54, 1.807) is 0 Å². The van der Waals surface area contributed by atoms with Crippen LogP contribution in [0.5, 0.6) is 0 Å². The van der Waals surface area contributed by atoms with E-state index in [1.165, 1.54) is 32.1 Å². The molecule has 0 spiro atoms. The highest BCUT2D eigenvalue weighted by atomic mass is 16.6. The Balaban J connectivity index is 2.24. The van der Waals surface area contributed by atoms with Crippen LogP contribution in [0.3, 0.4) is 0 Å². The molecule has 2 N–H and O–H groups in total. The van der Waals surface area contributed by atoms with Crippen molar-refractivity contribution >= 4 is 6.09 Å². The van der Waals surface area contributed by atoms with Gasteiger partial charge in [0.25, 0.3) is 0 Å². The first-order valence-electron chi connectivity index (χ1n) is 10.0. The zero-order valence-corrected chi connectivity index (χ0v) is 16.5. The minimum absolute atomic E-state index is 0.00759. The molecule has 25 heavy (non-hydrogen) atoms. The van der Waals surface area contributed by atoms with Crippen LogP contribution < -0.4 is 5.32 Å². The van der Waals surface area contributed by atoms with E-state index in [0.717, 1.165) is 19.3 Å². The van der Waals surface area contributed by atoms with Crippen molar-refractivity contribution in [3.05, 3.63) is 0 Å². The van der Waals surface area contributed by atoms with Gasteiger partial charge in [0, 0.05) is 12.5 Å². The minimum atomic E-state index is -0.538. The number of ether oxygens (including phenoxy) is 2. The zero-order valence-electron chi connectivity index (χ0n) is 16.5. The molecule has 1 amide bonds. The average Bonchev–Trinajstić information content (AvgIpc) is 2.47. The van der Waals surface area contributed by atoms with Crippen molar-refractivity contribution in [3.8, 4) is 0 Å². The number of aliphatic hydroxyl groups excluding tert-OH is 1. The number of hydrogen-bond donors (Lipinski definition) is 2. The SMILES string of the molecule is C[C@H]1C[C@@H](CO)[C@](NC(=O)OC(C)(C)C)(C2CCCCCCC2)CO1. The van der Waals surface area contributed by atoms with Crippen LogP contribution >= 0.6 is 0 Å². The second-order valence-electron chi connectivity index (χ2n) is 8.95. The molecule has 1 saturated heterocycles. The monoisotopic (exact) mass is 355 g/mol. The Hall–Kier alpha value is -0.810. The molecule has 2 aliphatic rings. The van der Waals surface area contributed by atoms with Crippen LogP contribution in [0.1, 0.15) is 79.1 Å². The summed E-state index contributed by atoms with van der Waals surface area (Å²) in [7, 11) is 0. The number of nitrogens with one attached hydrogen (secondary N) is 1. The van der Waals surface area contributed by atoms with Gasteiger partial charge in [-0.1, -0.05) is 32.1 Å². The fourth-order valence-electron chi connectivity index (χ4n) is 4.47. The topological polar surface area (TPSA) is 67.8 Å². The van der Waals surface area contributed by atoms with E-state index in [-0.39, 0.29) is 18.6 Å². The number of aliphatic hydroxyl groups is 1. The Labute approximate surface area is 152 Å². The second kappa shape index (κ2) is 8.72. The van der Waals surface area contributed by atoms with Gasteiger partial charge in [0.1, 0.15) is 5.60 Å². The summed E-state index contributed by atoms with van der Waals surface area (Å²) in [6.07, 6.45) is 8.78. The van der Waals surface area contributed by atoms with Gasteiger partial charge in [-0.05, 0) is 52.9 Å². The lowest BCUT2D eigenvalue weighted by Gasteiger charge is -2.50. The number of amides is 1. The molecule has 1 aliphatic carbocycles. The fraction of sp³-hybridized carbons (Fsp3) is 0.950. The van der Waals surface area contributed by atoms with Gasteiger partial charge in [-0.25, -0.2) is 4.79 Å². The standard InChI is InChI=1S/C20H37NO4/c1-15-12-17(13-22)20(14-24-15,21-18(23)25-19(2,3)4)16-10-8-6-5-7-9-11-16/h15-17,22H,5-14H2,1-4H3,(H,21,23)/t15-,17-,20+/m0/s1. The molecule has 0 bridgehead atoms. The normalized spacial score (nSPS) is 32.5. The van der Waals surface area contributed by atoms with Gasteiger partial charge in [-0.3, -0.25) is 0 Å². The molecule has 5 nitrogen and oxygen atoms in total. The second-order valence-corrected chi connectivity index (χ2v) is 8.95. The molecule has 0 aromatic carbocycles. The Bertz CT molecular complexity index is 426. The van der Waals surface area contributed by atoms with E-state index in [2.05, 4.69) is 5.32 Å². The summed E-state index contributed by atoms with van der Waals surface area (Å²) < 4.78 is 11.5. The van der Waals surface area contributed by atoms with Crippen LogP contribution in [0.25, 0.3) is 0 Å². The molecule has 1 saturated carbocycles. The zero-order chi connectivity index (χ0) is 18.5. The van der Waals surface area contributed by atoms with Gasteiger partial charge in [0.05, 0.1) is 18.2 Å². The summed E-state index contributed by atoms with van der Waals surface area (Å²) in [5, 5.41) is 13.3. The Morgan fingerprint density at radius 1 is 1.20 bits per heavy atom. The summed E-state index contributed by atoms with van der Waals surface area (Å²) in [6.45, 7) is 8.19. The Morgan fingerprint density at radius 3 is 2.36 bits per heavy atom. The van der Waals surface area contributed by atoms with Crippen molar-refractivity contribution in [1.82, 2.24) is 5.32 Å². The van der Waals surface area contributed by atoms with Crippen molar-refractivity contribution < 1.29 is 19.4 Å². The van der Waals surface area contributed by atoms with Crippen LogP contribution in [0.2, 0.25) is 0 Å². The van der Waals surface area contributed by atoms with E-state index in [0.29, 0.717) is 12.5 Å². The predicted octanol–water partition coefficient (Wildman–Crippen LogP) is 4.03. The van der Waals surface area contributed by atoms with Gasteiger partial charge >= 0.3 is 6.09 Å². The van der Waals surface area contributed by atoms with Gasteiger partial charge in [0.2, 0.25) is 0 Å². The lowest BCUT2D eigenvalue weighted by molar-refractivity contribution is -0.104. The highest BCUT2D eigenvalue weighted by molar-refractivity contribution is 5.69. The largest absolute Gasteiger partial charge is 0.444 e. The maximum absolute atomic E-state index is 12.6. The summed E-state index contributed by atoms with van der Waals surface area (Å²) in [4.78, 5) is 12.6. The molecule has 3 atom stereocenters. The molecule has 5 heteroatoms.